The van der Waals surface area contributed by atoms with Crippen LogP contribution in [-0.2, 0) is 4.79 Å². The molecule has 24 heavy (non-hydrogen) atoms. The van der Waals surface area contributed by atoms with Crippen molar-refractivity contribution in [3.05, 3.63) is 53.6 Å². The number of amides is 1. The topological polar surface area (TPSA) is 83.0 Å². The van der Waals surface area contributed by atoms with E-state index in [1.165, 1.54) is 12.3 Å². The average Bonchev–Trinajstić information content (AvgIpc) is 2.56. The first-order chi connectivity index (χ1) is 11.6. The zero-order chi connectivity index (χ0) is 17.4. The number of rotatable bonds is 7. The molecule has 126 valence electrons. The molecule has 0 bridgehead atoms. The fourth-order valence-corrected chi connectivity index (χ4v) is 2.05. The Morgan fingerprint density at radius 1 is 1.29 bits per heavy atom. The third kappa shape index (κ3) is 5.01. The molecular weight excluding hydrogens is 306 g/mol. The Morgan fingerprint density at radius 2 is 2.08 bits per heavy atom. The van der Waals surface area contributed by atoms with Crippen LogP contribution in [0.5, 0.6) is 11.5 Å². The summed E-state index contributed by atoms with van der Waals surface area (Å²) >= 11 is 0. The monoisotopic (exact) mass is 327 g/mol. The number of carbonyl (C=O) groups excluding carboxylic acids is 1. The van der Waals surface area contributed by atoms with Gasteiger partial charge in [0.1, 0.15) is 11.5 Å². The van der Waals surface area contributed by atoms with E-state index in [-0.39, 0.29) is 18.2 Å². The number of nitrogens with zero attached hydrogens (tertiary/aromatic N) is 1. The minimum atomic E-state index is -0.278. The van der Waals surface area contributed by atoms with Gasteiger partial charge in [-0.3, -0.25) is 4.79 Å². The second-order valence-corrected chi connectivity index (χ2v) is 5.12. The van der Waals surface area contributed by atoms with Crippen LogP contribution in [0.4, 0.5) is 5.69 Å². The number of nitrogens with one attached hydrogen (secondary N) is 2. The maximum absolute atomic E-state index is 11.8. The first-order valence-corrected chi connectivity index (χ1v) is 7.67. The van der Waals surface area contributed by atoms with Crippen LogP contribution in [0.3, 0.4) is 0 Å². The third-order valence-corrected chi connectivity index (χ3v) is 3.29. The van der Waals surface area contributed by atoms with Gasteiger partial charge in [0.15, 0.2) is 0 Å². The van der Waals surface area contributed by atoms with Crippen molar-refractivity contribution in [1.82, 2.24) is 5.43 Å². The molecule has 2 aromatic rings. The normalized spacial score (nSPS) is 10.6. The highest BCUT2D eigenvalue weighted by molar-refractivity contribution is 5.86. The lowest BCUT2D eigenvalue weighted by molar-refractivity contribution is -0.119. The zero-order valence-corrected chi connectivity index (χ0v) is 13.7. The molecule has 0 heterocycles. The Labute approximate surface area is 141 Å². The molecule has 0 aliphatic rings. The molecule has 1 amide bonds. The van der Waals surface area contributed by atoms with E-state index >= 15 is 0 Å². The summed E-state index contributed by atoms with van der Waals surface area (Å²) in [6, 6.07) is 12.6. The van der Waals surface area contributed by atoms with Gasteiger partial charge in [-0.15, -0.1) is 0 Å². The molecule has 0 radical (unpaired) electrons. The van der Waals surface area contributed by atoms with Gasteiger partial charge in [-0.05, 0) is 37.6 Å². The second-order valence-electron chi connectivity index (χ2n) is 5.12. The van der Waals surface area contributed by atoms with Gasteiger partial charge in [-0.1, -0.05) is 18.2 Å². The van der Waals surface area contributed by atoms with E-state index in [9.17, 15) is 9.90 Å². The van der Waals surface area contributed by atoms with Crippen molar-refractivity contribution in [2.75, 3.05) is 18.5 Å². The van der Waals surface area contributed by atoms with Gasteiger partial charge in [0, 0.05) is 17.3 Å². The average molecular weight is 327 g/mol. The van der Waals surface area contributed by atoms with Crippen LogP contribution >= 0.6 is 0 Å². The Hall–Kier alpha value is -3.02. The molecule has 0 aliphatic carbocycles. The Kier molecular flexibility index (Phi) is 6.19. The van der Waals surface area contributed by atoms with Crippen LogP contribution in [0.25, 0.3) is 0 Å². The molecule has 0 unspecified atom stereocenters. The number of hydrogen-bond donors (Lipinski definition) is 3. The van der Waals surface area contributed by atoms with Gasteiger partial charge < -0.3 is 15.2 Å². The number of phenolic OH excluding ortho intramolecular Hbond substituents is 1. The maximum Gasteiger partial charge on any atom is 0.259 e. The summed E-state index contributed by atoms with van der Waals surface area (Å²) in [5.74, 6) is 0.343. The van der Waals surface area contributed by atoms with E-state index in [0.717, 1.165) is 11.3 Å². The minimum Gasteiger partial charge on any atom is -0.507 e. The molecule has 0 saturated heterocycles. The summed E-state index contributed by atoms with van der Waals surface area (Å²) in [6.45, 7) is 4.47. The van der Waals surface area contributed by atoms with Crippen molar-refractivity contribution >= 4 is 17.8 Å². The van der Waals surface area contributed by atoms with Gasteiger partial charge in [-0.25, -0.2) is 5.43 Å². The molecule has 6 nitrogen and oxygen atoms in total. The number of benzene rings is 2. The lowest BCUT2D eigenvalue weighted by Gasteiger charge is -2.08. The summed E-state index contributed by atoms with van der Waals surface area (Å²) in [5.41, 5.74) is 4.87. The summed E-state index contributed by atoms with van der Waals surface area (Å²) in [4.78, 5) is 11.8. The predicted octanol–water partition coefficient (Wildman–Crippen LogP) is 2.66. The van der Waals surface area contributed by atoms with E-state index in [1.807, 2.05) is 38.1 Å². The van der Waals surface area contributed by atoms with Crippen LogP contribution in [0.1, 0.15) is 18.1 Å². The molecule has 6 heteroatoms. The lowest BCUT2D eigenvalue weighted by atomic mass is 10.2. The van der Waals surface area contributed by atoms with E-state index in [0.29, 0.717) is 17.9 Å². The molecule has 2 rings (SSSR count). The Bertz CT molecular complexity index is 729. The Balaban J connectivity index is 1.85. The van der Waals surface area contributed by atoms with Gasteiger partial charge in [-0.2, -0.15) is 5.10 Å². The number of ether oxygens (including phenoxy) is 1. The van der Waals surface area contributed by atoms with Crippen molar-refractivity contribution in [3.8, 4) is 11.5 Å². The molecular formula is C18H21N3O3. The quantitative estimate of drug-likeness (QED) is 0.539. The molecule has 0 aromatic heterocycles. The van der Waals surface area contributed by atoms with Crippen LogP contribution < -0.4 is 15.5 Å². The predicted molar refractivity (Wildman–Crippen MR) is 94.7 cm³/mol. The highest BCUT2D eigenvalue weighted by atomic mass is 16.5. The maximum atomic E-state index is 11.8. The summed E-state index contributed by atoms with van der Waals surface area (Å²) in [5, 5.41) is 16.8. The number of aryl methyl sites for hydroxylation is 1. The molecule has 0 aliphatic heterocycles. The molecule has 0 spiro atoms. The second kappa shape index (κ2) is 8.57. The van der Waals surface area contributed by atoms with Crippen LogP contribution in [-0.4, -0.2) is 30.4 Å². The van der Waals surface area contributed by atoms with E-state index in [1.54, 1.807) is 12.1 Å². The van der Waals surface area contributed by atoms with Gasteiger partial charge in [0.05, 0.1) is 19.4 Å². The molecule has 0 atom stereocenters. The lowest BCUT2D eigenvalue weighted by Crippen LogP contribution is -2.26. The molecule has 0 fully saturated rings. The molecule has 3 N–H and O–H groups in total. The molecule has 2 aromatic carbocycles. The summed E-state index contributed by atoms with van der Waals surface area (Å²) < 4.78 is 5.29. The first-order valence-electron chi connectivity index (χ1n) is 7.67. The minimum absolute atomic E-state index is 0.0389. The number of hydrogen-bond acceptors (Lipinski definition) is 5. The van der Waals surface area contributed by atoms with Crippen LogP contribution in [0.15, 0.2) is 47.6 Å². The zero-order valence-electron chi connectivity index (χ0n) is 13.7. The van der Waals surface area contributed by atoms with Gasteiger partial charge in [0.2, 0.25) is 0 Å². The van der Waals surface area contributed by atoms with Crippen molar-refractivity contribution in [1.29, 1.82) is 0 Å². The van der Waals surface area contributed by atoms with Crippen molar-refractivity contribution in [2.45, 2.75) is 13.8 Å². The smallest absolute Gasteiger partial charge is 0.259 e. The standard InChI is InChI=1S/C18H21N3O3/c1-3-24-15-9-8-14(17(22)10-15)11-20-21-18(23)12-19-16-7-5-4-6-13(16)2/h4-11,19,22H,3,12H2,1-2H3,(H,21,23)/b20-11+. The largest absolute Gasteiger partial charge is 0.507 e. The first kappa shape index (κ1) is 17.3. The number of hydrazone groups is 1. The van der Waals surface area contributed by atoms with Crippen LogP contribution in [0.2, 0.25) is 0 Å². The highest BCUT2D eigenvalue weighted by Crippen LogP contribution is 2.22. The van der Waals surface area contributed by atoms with Gasteiger partial charge in [0.25, 0.3) is 5.91 Å². The number of para-hydroxylation sites is 1. The number of aromatic hydroxyl groups is 1. The fraction of sp³-hybridized carbons (Fsp3) is 0.222. The van der Waals surface area contributed by atoms with Gasteiger partial charge >= 0.3 is 0 Å². The number of carbonyl (C=O) groups is 1. The van der Waals surface area contributed by atoms with Crippen molar-refractivity contribution in [2.24, 2.45) is 5.10 Å². The van der Waals surface area contributed by atoms with E-state index in [4.69, 9.17) is 4.74 Å². The highest BCUT2D eigenvalue weighted by Gasteiger charge is 2.03. The fourth-order valence-electron chi connectivity index (χ4n) is 2.05. The molecule has 0 saturated carbocycles. The van der Waals surface area contributed by atoms with Crippen molar-refractivity contribution < 1.29 is 14.6 Å². The van der Waals surface area contributed by atoms with E-state index in [2.05, 4.69) is 15.8 Å². The van der Waals surface area contributed by atoms with Crippen molar-refractivity contribution in [3.63, 3.8) is 0 Å². The summed E-state index contributed by atoms with van der Waals surface area (Å²) in [7, 11) is 0. The number of phenols is 1. The Morgan fingerprint density at radius 3 is 2.79 bits per heavy atom. The third-order valence-electron chi connectivity index (χ3n) is 3.29. The van der Waals surface area contributed by atoms with Crippen LogP contribution in [0, 0.1) is 6.92 Å². The van der Waals surface area contributed by atoms with E-state index < -0.39 is 0 Å². The number of anilines is 1. The summed E-state index contributed by atoms with van der Waals surface area (Å²) in [6.07, 6.45) is 1.39. The SMILES string of the molecule is CCOc1ccc(/C=N/NC(=O)CNc2ccccc2C)c(O)c1.